The van der Waals surface area contributed by atoms with Crippen LogP contribution in [0.25, 0.3) is 10.9 Å². The molecule has 4 atom stereocenters. The number of para-hydroxylation sites is 1. The second kappa shape index (κ2) is 15.6. The first-order valence-corrected chi connectivity index (χ1v) is 13.8. The first kappa shape index (κ1) is 33.1. The minimum absolute atomic E-state index is 0.0267. The highest BCUT2D eigenvalue weighted by atomic mass is 16.4. The molecule has 13 nitrogen and oxygen atoms in total. The van der Waals surface area contributed by atoms with E-state index in [1.165, 1.54) is 0 Å². The molecule has 1 heterocycles. The topological polar surface area (TPSA) is 231 Å². The van der Waals surface area contributed by atoms with E-state index in [1.807, 2.05) is 38.1 Å². The molecule has 0 spiro atoms. The zero-order valence-corrected chi connectivity index (χ0v) is 24.1. The maximum absolute atomic E-state index is 13.4. The maximum Gasteiger partial charge on any atom is 0.326 e. The Kier molecular flexibility index (Phi) is 12.6. The van der Waals surface area contributed by atoms with Gasteiger partial charge < -0.3 is 43.2 Å². The van der Waals surface area contributed by atoms with E-state index in [0.29, 0.717) is 12.8 Å². The molecule has 3 amide bonds. The molecule has 0 radical (unpaired) electrons. The van der Waals surface area contributed by atoms with Gasteiger partial charge in [0.05, 0.1) is 6.04 Å². The first-order chi connectivity index (χ1) is 19.3. The number of hydrogen-bond donors (Lipinski definition) is 8. The second-order valence-electron chi connectivity index (χ2n) is 10.9. The van der Waals surface area contributed by atoms with E-state index in [-0.39, 0.29) is 37.2 Å². The predicted octanol–water partition coefficient (Wildman–Crippen LogP) is 0.332. The first-order valence-electron chi connectivity index (χ1n) is 13.8. The molecule has 41 heavy (non-hydrogen) atoms. The molecule has 1 aromatic heterocycles. The van der Waals surface area contributed by atoms with Crippen molar-refractivity contribution >= 4 is 40.6 Å². The minimum atomic E-state index is -1.26. The Morgan fingerprint density at radius 3 is 2.15 bits per heavy atom. The summed E-state index contributed by atoms with van der Waals surface area (Å²) in [6.07, 6.45) is 2.50. The predicted molar refractivity (Wildman–Crippen MR) is 158 cm³/mol. The average Bonchev–Trinajstić information content (AvgIpc) is 3.31. The van der Waals surface area contributed by atoms with Crippen molar-refractivity contribution < 1.29 is 24.3 Å². The summed E-state index contributed by atoms with van der Waals surface area (Å²) in [6, 6.07) is 3.33. The van der Waals surface area contributed by atoms with Crippen molar-refractivity contribution in [3.63, 3.8) is 0 Å². The van der Waals surface area contributed by atoms with Crippen molar-refractivity contribution in [3.05, 3.63) is 36.0 Å². The monoisotopic (exact) mass is 572 g/mol. The van der Waals surface area contributed by atoms with Crippen molar-refractivity contribution in [2.75, 3.05) is 6.54 Å². The summed E-state index contributed by atoms with van der Waals surface area (Å²) in [7, 11) is 0. The molecule has 0 bridgehead atoms. The third-order valence-electron chi connectivity index (χ3n) is 6.65. The van der Waals surface area contributed by atoms with E-state index in [9.17, 15) is 24.3 Å². The lowest BCUT2D eigenvalue weighted by molar-refractivity contribution is -0.142. The Hall–Kier alpha value is -4.13. The number of aromatic amines is 1. The number of aliphatic imine (C=N–C) groups is 1. The van der Waals surface area contributed by atoms with Gasteiger partial charge in [0.25, 0.3) is 0 Å². The molecule has 0 aliphatic heterocycles. The number of carbonyl (C=O) groups excluding carboxylic acids is 3. The van der Waals surface area contributed by atoms with Gasteiger partial charge in [-0.1, -0.05) is 45.9 Å². The van der Waals surface area contributed by atoms with Gasteiger partial charge in [0.1, 0.15) is 18.1 Å². The zero-order chi connectivity index (χ0) is 30.7. The molecular weight excluding hydrogens is 528 g/mol. The lowest BCUT2D eigenvalue weighted by Crippen LogP contribution is -2.58. The third kappa shape index (κ3) is 10.4. The van der Waals surface area contributed by atoms with E-state index in [4.69, 9.17) is 17.2 Å². The molecule has 0 aliphatic rings. The molecule has 0 saturated heterocycles. The van der Waals surface area contributed by atoms with Crippen LogP contribution in [0, 0.1) is 11.8 Å². The number of carboxylic acids is 1. The van der Waals surface area contributed by atoms with Crippen molar-refractivity contribution in [1.29, 1.82) is 0 Å². The number of hydrogen-bond acceptors (Lipinski definition) is 6. The van der Waals surface area contributed by atoms with Crippen molar-refractivity contribution in [1.82, 2.24) is 20.9 Å². The number of carbonyl (C=O) groups is 4. The number of carboxylic acid groups (broad SMARTS) is 1. The van der Waals surface area contributed by atoms with Crippen LogP contribution < -0.4 is 33.2 Å². The quantitative estimate of drug-likeness (QED) is 0.0791. The Bertz CT molecular complexity index is 1220. The Morgan fingerprint density at radius 1 is 0.927 bits per heavy atom. The highest BCUT2D eigenvalue weighted by Gasteiger charge is 2.31. The van der Waals surface area contributed by atoms with Crippen LogP contribution in [0.2, 0.25) is 0 Å². The largest absolute Gasteiger partial charge is 0.480 e. The van der Waals surface area contributed by atoms with Crippen LogP contribution in [0.4, 0.5) is 0 Å². The number of amides is 3. The summed E-state index contributed by atoms with van der Waals surface area (Å²) in [6.45, 7) is 7.60. The van der Waals surface area contributed by atoms with Gasteiger partial charge in [0, 0.05) is 30.1 Å². The van der Waals surface area contributed by atoms with Gasteiger partial charge in [0.2, 0.25) is 17.7 Å². The molecule has 226 valence electrons. The maximum atomic E-state index is 13.4. The number of nitrogens with one attached hydrogen (secondary N) is 4. The lowest BCUT2D eigenvalue weighted by atomic mass is 9.99. The van der Waals surface area contributed by atoms with Crippen molar-refractivity contribution in [2.24, 2.45) is 34.0 Å². The van der Waals surface area contributed by atoms with Crippen LogP contribution in [-0.4, -0.2) is 70.5 Å². The number of aliphatic carboxylic acids is 1. The van der Waals surface area contributed by atoms with Gasteiger partial charge in [-0.15, -0.1) is 0 Å². The van der Waals surface area contributed by atoms with Gasteiger partial charge in [0.15, 0.2) is 5.96 Å². The summed E-state index contributed by atoms with van der Waals surface area (Å²) < 4.78 is 0. The molecular formula is C28H44N8O5. The average molecular weight is 573 g/mol. The zero-order valence-electron chi connectivity index (χ0n) is 24.1. The molecule has 13 heteroatoms. The Labute approximate surface area is 240 Å². The van der Waals surface area contributed by atoms with E-state index in [2.05, 4.69) is 25.9 Å². The van der Waals surface area contributed by atoms with Crippen LogP contribution >= 0.6 is 0 Å². The summed E-state index contributed by atoms with van der Waals surface area (Å²) in [5.74, 6) is -3.15. The SMILES string of the molecule is CC(C)CC(NC(=O)C(N)C(C)C)C(=O)NC(CCCN=C(N)N)C(=O)NC(Cc1c[nH]c2ccccc12)C(=O)O. The second-order valence-corrected chi connectivity index (χ2v) is 10.9. The Balaban J connectivity index is 2.23. The van der Waals surface area contributed by atoms with Gasteiger partial charge in [-0.3, -0.25) is 19.4 Å². The number of guanidine groups is 1. The molecule has 0 saturated carbocycles. The molecule has 2 aromatic rings. The summed E-state index contributed by atoms with van der Waals surface area (Å²) >= 11 is 0. The molecule has 11 N–H and O–H groups in total. The number of aromatic nitrogens is 1. The Morgan fingerprint density at radius 2 is 1.54 bits per heavy atom. The van der Waals surface area contributed by atoms with Gasteiger partial charge >= 0.3 is 5.97 Å². The van der Waals surface area contributed by atoms with E-state index >= 15 is 0 Å². The lowest BCUT2D eigenvalue weighted by Gasteiger charge is -2.26. The van der Waals surface area contributed by atoms with Crippen LogP contribution in [0.3, 0.4) is 0 Å². The van der Waals surface area contributed by atoms with Gasteiger partial charge in [-0.2, -0.15) is 0 Å². The highest BCUT2D eigenvalue weighted by molar-refractivity contribution is 5.94. The fourth-order valence-electron chi connectivity index (χ4n) is 4.31. The van der Waals surface area contributed by atoms with Crippen LogP contribution in [0.5, 0.6) is 0 Å². The minimum Gasteiger partial charge on any atom is -0.480 e. The third-order valence-corrected chi connectivity index (χ3v) is 6.65. The fraction of sp³-hybridized carbons (Fsp3) is 0.536. The van der Waals surface area contributed by atoms with E-state index in [0.717, 1.165) is 16.5 Å². The number of nitrogens with two attached hydrogens (primary N) is 3. The number of rotatable bonds is 16. The van der Waals surface area contributed by atoms with Crippen LogP contribution in [0.15, 0.2) is 35.5 Å². The van der Waals surface area contributed by atoms with Crippen LogP contribution in [0.1, 0.15) is 52.5 Å². The van der Waals surface area contributed by atoms with Gasteiger partial charge in [-0.05, 0) is 42.7 Å². The molecule has 4 unspecified atom stereocenters. The van der Waals surface area contributed by atoms with Crippen LogP contribution in [-0.2, 0) is 25.6 Å². The molecule has 0 aliphatic carbocycles. The van der Waals surface area contributed by atoms with Crippen molar-refractivity contribution in [2.45, 2.75) is 77.5 Å². The molecule has 2 rings (SSSR count). The summed E-state index contributed by atoms with van der Waals surface area (Å²) in [4.78, 5) is 58.5. The number of nitrogens with zero attached hydrogens (tertiary/aromatic N) is 1. The van der Waals surface area contributed by atoms with E-state index < -0.39 is 47.9 Å². The highest BCUT2D eigenvalue weighted by Crippen LogP contribution is 2.19. The number of H-pyrrole nitrogens is 1. The number of benzene rings is 1. The van der Waals surface area contributed by atoms with Gasteiger partial charge in [-0.25, -0.2) is 4.79 Å². The standard InChI is InChI=1S/C28H44N8O5/c1-15(2)12-21(35-26(39)23(29)16(3)4)25(38)34-20(10-7-11-32-28(30)31)24(37)36-22(27(40)41)13-17-14-33-19-9-6-5-8-18(17)19/h5-6,8-9,14-16,20-23,33H,7,10-13,29H2,1-4H3,(H,34,38)(H,35,39)(H,36,37)(H,40,41)(H4,30,31,32). The molecule has 0 fully saturated rings. The molecule has 1 aromatic carbocycles. The van der Waals surface area contributed by atoms with E-state index in [1.54, 1.807) is 20.0 Å². The normalized spacial score (nSPS) is 14.2. The smallest absolute Gasteiger partial charge is 0.326 e. The van der Waals surface area contributed by atoms with Crippen molar-refractivity contribution in [3.8, 4) is 0 Å². The number of fused-ring (bicyclic) bond motifs is 1. The fourth-order valence-corrected chi connectivity index (χ4v) is 4.31. The summed E-state index contributed by atoms with van der Waals surface area (Å²) in [5.41, 5.74) is 18.3. The summed E-state index contributed by atoms with van der Waals surface area (Å²) in [5, 5.41) is 18.7.